The van der Waals surface area contributed by atoms with E-state index in [2.05, 4.69) is 5.32 Å². The van der Waals surface area contributed by atoms with Crippen molar-refractivity contribution in [3.63, 3.8) is 0 Å². The summed E-state index contributed by atoms with van der Waals surface area (Å²) >= 11 is 16.2. The molecule has 3 heterocycles. The van der Waals surface area contributed by atoms with Gasteiger partial charge in [-0.25, -0.2) is 9.36 Å². The molecule has 0 spiro atoms. The highest BCUT2D eigenvalue weighted by molar-refractivity contribution is 8.01. The Balaban J connectivity index is 1.34. The predicted molar refractivity (Wildman–Crippen MR) is 161 cm³/mol. The number of carbonyl (C=O) groups excluding carboxylic acids is 3. The molecule has 0 saturated carbocycles. The number of β-lactam (4-membered cyclic amide) rings is 1. The lowest BCUT2D eigenvalue weighted by Crippen LogP contribution is -2.70. The maximum Gasteiger partial charge on any atom is 0.352 e. The van der Waals surface area contributed by atoms with Gasteiger partial charge >= 0.3 is 5.97 Å². The fourth-order valence-electron chi connectivity index (χ4n) is 4.47. The van der Waals surface area contributed by atoms with Gasteiger partial charge in [0.1, 0.15) is 23.7 Å². The van der Waals surface area contributed by atoms with E-state index in [9.17, 15) is 29.4 Å². The van der Waals surface area contributed by atoms with E-state index in [4.69, 9.17) is 28.9 Å². The van der Waals surface area contributed by atoms with Crippen molar-refractivity contribution in [2.24, 2.45) is 5.73 Å². The van der Waals surface area contributed by atoms with E-state index in [0.717, 1.165) is 10.6 Å². The Hall–Kier alpha value is -2.42. The number of carbonyl (C=O) groups is 4. The van der Waals surface area contributed by atoms with Crippen molar-refractivity contribution < 1.29 is 34.0 Å². The minimum Gasteiger partial charge on any atom is -0.548 e. The van der Waals surface area contributed by atoms with Crippen molar-refractivity contribution >= 4 is 82.2 Å². The van der Waals surface area contributed by atoms with Crippen molar-refractivity contribution in [3.8, 4) is 0 Å². The van der Waals surface area contributed by atoms with Crippen LogP contribution in [0.4, 0.5) is 0 Å². The van der Waals surface area contributed by atoms with Crippen molar-refractivity contribution in [2.75, 3.05) is 17.3 Å². The van der Waals surface area contributed by atoms with Crippen LogP contribution in [0.15, 0.2) is 57.6 Å². The molecule has 0 aliphatic carbocycles. The lowest BCUT2D eigenvalue weighted by Gasteiger charge is -2.49. The van der Waals surface area contributed by atoms with Gasteiger partial charge in [-0.15, -0.1) is 35.3 Å². The third-order valence-electron chi connectivity index (χ3n) is 6.67. The number of hydrogen-bond acceptors (Lipinski definition) is 9. The molecule has 42 heavy (non-hydrogen) atoms. The molecule has 4 rings (SSSR count). The second kappa shape index (κ2) is 14.4. The van der Waals surface area contributed by atoms with Crippen molar-refractivity contribution in [1.29, 1.82) is 0 Å². The van der Waals surface area contributed by atoms with E-state index < -0.39 is 35.3 Å². The van der Waals surface area contributed by atoms with E-state index in [1.807, 2.05) is 29.8 Å². The monoisotopic (exact) mass is 670 g/mol. The molecule has 1 saturated heterocycles. The Morgan fingerprint density at radius 1 is 1.26 bits per heavy atom. The van der Waals surface area contributed by atoms with Gasteiger partial charge in [0.25, 0.3) is 5.91 Å². The van der Waals surface area contributed by atoms with E-state index in [1.165, 1.54) is 40.2 Å². The largest absolute Gasteiger partial charge is 0.548 e. The smallest absolute Gasteiger partial charge is 0.352 e. The van der Waals surface area contributed by atoms with Crippen molar-refractivity contribution in [1.82, 2.24) is 10.2 Å². The molecule has 2 aliphatic heterocycles. The van der Waals surface area contributed by atoms with Crippen LogP contribution in [0, 0.1) is 6.92 Å². The first kappa shape index (κ1) is 32.5. The van der Waals surface area contributed by atoms with E-state index in [0.29, 0.717) is 51.4 Å². The quantitative estimate of drug-likeness (QED) is 0.164. The number of benzene rings is 1. The summed E-state index contributed by atoms with van der Waals surface area (Å²) in [5, 5.41) is 24.0. The molecule has 2 aliphatic rings. The molecule has 0 radical (unpaired) electrons. The molecular formula is C27H28Cl2N4O6S3. The standard InChI is InChI=1S/C27H28Cl2N4O6S3/c1-14-9-17(6-8-32(14)7-2-3-19(30)26(36)37)40-11-15-12-42-25-22(24(35)33(25)23(15)27(38)39)31-21(34)13-41-20-10-16(28)4-5-18(20)29/h4-6,8-10,19,22,25H,2-3,7,11-13,30H2,1H3,(H2-,31,34,36,37,38,39)/t19-,22+,25+/m0/s1. The van der Waals surface area contributed by atoms with Crippen LogP contribution in [0.3, 0.4) is 0 Å². The summed E-state index contributed by atoms with van der Waals surface area (Å²) in [5.74, 6) is -2.46. The molecule has 1 aromatic carbocycles. The van der Waals surface area contributed by atoms with Gasteiger partial charge in [-0.3, -0.25) is 14.5 Å². The SMILES string of the molecule is Cc1cc(SCC2=C(C(=O)O)N3C(=O)[C@@H](NC(=O)CSc4cc(Cl)ccc4Cl)[C@H]3SC2)cc[n+]1CCC[C@H](N)C(=O)[O-]. The zero-order valence-electron chi connectivity index (χ0n) is 22.4. The summed E-state index contributed by atoms with van der Waals surface area (Å²) in [5.41, 5.74) is 7.07. The number of hydrogen-bond donors (Lipinski definition) is 3. The van der Waals surface area contributed by atoms with Gasteiger partial charge in [-0.1, -0.05) is 23.2 Å². The number of nitrogens with zero attached hydrogens (tertiary/aromatic N) is 2. The molecular weight excluding hydrogens is 643 g/mol. The highest BCUT2D eigenvalue weighted by Gasteiger charge is 2.54. The Labute approximate surface area is 265 Å². The number of carboxylic acids is 2. The van der Waals surface area contributed by atoms with Crippen LogP contribution in [-0.2, 0) is 25.7 Å². The molecule has 15 heteroatoms. The van der Waals surface area contributed by atoms with Crippen LogP contribution in [0.1, 0.15) is 18.5 Å². The molecule has 0 unspecified atom stereocenters. The number of aromatic nitrogens is 1. The predicted octanol–water partition coefficient (Wildman–Crippen LogP) is 2.07. The third kappa shape index (κ3) is 7.74. The van der Waals surface area contributed by atoms with Gasteiger partial charge < -0.3 is 26.1 Å². The highest BCUT2D eigenvalue weighted by atomic mass is 35.5. The third-order valence-corrected chi connectivity index (χ3v) is 10.8. The van der Waals surface area contributed by atoms with Crippen LogP contribution in [-0.4, -0.2) is 68.5 Å². The maximum atomic E-state index is 13.0. The second-order valence-corrected chi connectivity index (χ2v) is 13.6. The summed E-state index contributed by atoms with van der Waals surface area (Å²) in [7, 11) is 0. The molecule has 2 amide bonds. The van der Waals surface area contributed by atoms with Gasteiger partial charge in [0.05, 0.1) is 16.7 Å². The summed E-state index contributed by atoms with van der Waals surface area (Å²) in [6.45, 7) is 2.53. The molecule has 3 atom stereocenters. The molecule has 224 valence electrons. The number of nitrogens with one attached hydrogen (secondary N) is 1. The minimum atomic E-state index is -1.26. The number of amides is 2. The fourth-order valence-corrected chi connectivity index (χ4v) is 8.24. The van der Waals surface area contributed by atoms with Crippen LogP contribution in [0.25, 0.3) is 0 Å². The van der Waals surface area contributed by atoms with Crippen LogP contribution in [0.5, 0.6) is 0 Å². The van der Waals surface area contributed by atoms with Crippen LogP contribution in [0.2, 0.25) is 10.0 Å². The number of rotatable bonds is 13. The zero-order chi connectivity index (χ0) is 30.6. The summed E-state index contributed by atoms with van der Waals surface area (Å²) in [4.78, 5) is 51.4. The maximum absolute atomic E-state index is 13.0. The van der Waals surface area contributed by atoms with Gasteiger partial charge in [0.15, 0.2) is 11.9 Å². The fraction of sp³-hybridized carbons (Fsp3) is 0.370. The summed E-state index contributed by atoms with van der Waals surface area (Å²) in [6, 6.07) is 7.03. The van der Waals surface area contributed by atoms with Gasteiger partial charge in [0.2, 0.25) is 5.91 Å². The van der Waals surface area contributed by atoms with Crippen molar-refractivity contribution in [2.45, 2.75) is 53.6 Å². The first-order valence-electron chi connectivity index (χ1n) is 12.8. The number of carboxylic acid groups (broad SMARTS) is 2. The first-order chi connectivity index (χ1) is 20.0. The van der Waals surface area contributed by atoms with Crippen LogP contribution < -0.4 is 20.7 Å². The average molecular weight is 672 g/mol. The highest BCUT2D eigenvalue weighted by Crippen LogP contribution is 2.41. The van der Waals surface area contributed by atoms with E-state index in [1.54, 1.807) is 18.2 Å². The first-order valence-corrected chi connectivity index (χ1v) is 16.6. The number of fused-ring (bicyclic) bond motifs is 1. The van der Waals surface area contributed by atoms with Crippen molar-refractivity contribution in [3.05, 3.63) is 63.5 Å². The minimum absolute atomic E-state index is 0.0224. The molecule has 4 N–H and O–H groups in total. The van der Waals surface area contributed by atoms with E-state index >= 15 is 0 Å². The van der Waals surface area contributed by atoms with E-state index in [-0.39, 0.29) is 17.4 Å². The number of nitrogens with two attached hydrogens (primary N) is 1. The molecule has 2 aromatic rings. The Kier molecular flexibility index (Phi) is 11.1. The van der Waals surface area contributed by atoms with Gasteiger partial charge in [-0.05, 0) is 30.2 Å². The lowest BCUT2D eigenvalue weighted by atomic mass is 10.0. The number of pyridine rings is 1. The Bertz CT molecular complexity index is 1440. The number of aliphatic carboxylic acids is 2. The topological polar surface area (TPSA) is 157 Å². The molecule has 0 bridgehead atoms. The summed E-state index contributed by atoms with van der Waals surface area (Å²) < 4.78 is 1.99. The number of aryl methyl sites for hydroxylation is 2. The molecule has 10 nitrogen and oxygen atoms in total. The van der Waals surface area contributed by atoms with Gasteiger partial charge in [-0.2, -0.15) is 0 Å². The summed E-state index contributed by atoms with van der Waals surface area (Å²) in [6.07, 6.45) is 2.79. The number of halogens is 2. The second-order valence-electron chi connectivity index (χ2n) is 9.63. The average Bonchev–Trinajstić information content (AvgIpc) is 2.95. The Morgan fingerprint density at radius 2 is 2.02 bits per heavy atom. The zero-order valence-corrected chi connectivity index (χ0v) is 26.3. The normalized spacial score (nSPS) is 18.8. The Morgan fingerprint density at radius 3 is 2.71 bits per heavy atom. The molecule has 1 aromatic heterocycles. The molecule has 1 fully saturated rings. The lowest BCUT2D eigenvalue weighted by molar-refractivity contribution is -0.703. The van der Waals surface area contributed by atoms with Crippen LogP contribution >= 0.6 is 58.5 Å². The number of thioether (sulfide) groups is 3. The van der Waals surface area contributed by atoms with Gasteiger partial charge in [0, 0.05) is 57.8 Å².